The molecule has 1 aliphatic rings. The maximum absolute atomic E-state index is 6.26. The first kappa shape index (κ1) is 12.3. The number of aromatic nitrogens is 2. The molecule has 0 saturated carbocycles. The second kappa shape index (κ2) is 4.71. The zero-order chi connectivity index (χ0) is 13.4. The summed E-state index contributed by atoms with van der Waals surface area (Å²) < 4.78 is 16.1. The molecule has 1 aromatic heterocycles. The first-order valence-electron chi connectivity index (χ1n) is 5.82. The van der Waals surface area contributed by atoms with Gasteiger partial charge >= 0.3 is 0 Å². The molecule has 0 fully saturated rings. The Bertz CT molecular complexity index is 627. The van der Waals surface area contributed by atoms with Gasteiger partial charge in [-0.05, 0) is 6.92 Å². The minimum absolute atomic E-state index is 0.189. The SMILES string of the molecule is Cc1c2c(cc(Cl)c1-c1noc(CN)n1)OCCO2. The van der Waals surface area contributed by atoms with Gasteiger partial charge < -0.3 is 19.7 Å². The zero-order valence-electron chi connectivity index (χ0n) is 10.3. The van der Waals surface area contributed by atoms with Crippen LogP contribution in [-0.4, -0.2) is 23.4 Å². The van der Waals surface area contributed by atoms with Crippen LogP contribution >= 0.6 is 11.6 Å². The van der Waals surface area contributed by atoms with Crippen LogP contribution in [0.5, 0.6) is 11.5 Å². The van der Waals surface area contributed by atoms with Crippen molar-refractivity contribution in [2.75, 3.05) is 13.2 Å². The van der Waals surface area contributed by atoms with E-state index in [-0.39, 0.29) is 6.54 Å². The fourth-order valence-corrected chi connectivity index (χ4v) is 2.35. The van der Waals surface area contributed by atoms with Crippen LogP contribution in [0.2, 0.25) is 5.02 Å². The van der Waals surface area contributed by atoms with Crippen molar-refractivity contribution in [3.63, 3.8) is 0 Å². The summed E-state index contributed by atoms with van der Waals surface area (Å²) in [4.78, 5) is 4.19. The quantitative estimate of drug-likeness (QED) is 0.905. The van der Waals surface area contributed by atoms with Crippen molar-refractivity contribution >= 4 is 11.6 Å². The second-order valence-corrected chi connectivity index (χ2v) is 4.51. The Morgan fingerprint density at radius 2 is 2.16 bits per heavy atom. The molecule has 1 aliphatic heterocycles. The van der Waals surface area contributed by atoms with Crippen molar-refractivity contribution in [3.8, 4) is 22.9 Å². The summed E-state index contributed by atoms with van der Waals surface area (Å²) in [5.41, 5.74) is 6.96. The molecule has 0 spiro atoms. The summed E-state index contributed by atoms with van der Waals surface area (Å²) in [5.74, 6) is 2.07. The van der Waals surface area contributed by atoms with E-state index in [0.717, 1.165) is 5.56 Å². The van der Waals surface area contributed by atoms with E-state index in [1.54, 1.807) is 6.07 Å². The van der Waals surface area contributed by atoms with Gasteiger partial charge in [-0.25, -0.2) is 0 Å². The van der Waals surface area contributed by atoms with Crippen molar-refractivity contribution in [2.24, 2.45) is 5.73 Å². The van der Waals surface area contributed by atoms with Crippen molar-refractivity contribution < 1.29 is 14.0 Å². The van der Waals surface area contributed by atoms with E-state index in [1.165, 1.54) is 0 Å². The van der Waals surface area contributed by atoms with Crippen LogP contribution in [0.4, 0.5) is 0 Å². The van der Waals surface area contributed by atoms with Gasteiger partial charge in [-0.1, -0.05) is 16.8 Å². The molecular formula is C12H12ClN3O3. The number of nitrogens with zero attached hydrogens (tertiary/aromatic N) is 2. The molecular weight excluding hydrogens is 270 g/mol. The molecule has 0 saturated heterocycles. The lowest BCUT2D eigenvalue weighted by Gasteiger charge is -2.21. The average molecular weight is 282 g/mol. The van der Waals surface area contributed by atoms with Crippen LogP contribution < -0.4 is 15.2 Å². The Kier molecular flexibility index (Phi) is 3.04. The van der Waals surface area contributed by atoms with Gasteiger partial charge in [0.15, 0.2) is 11.5 Å². The Hall–Kier alpha value is -1.79. The highest BCUT2D eigenvalue weighted by Crippen LogP contribution is 2.43. The van der Waals surface area contributed by atoms with Crippen LogP contribution in [0.1, 0.15) is 11.5 Å². The summed E-state index contributed by atoms with van der Waals surface area (Å²) in [6.07, 6.45) is 0. The number of hydrogen-bond donors (Lipinski definition) is 1. The Morgan fingerprint density at radius 3 is 2.89 bits per heavy atom. The number of halogens is 1. The Balaban J connectivity index is 2.15. The van der Waals surface area contributed by atoms with Crippen LogP contribution in [0.25, 0.3) is 11.4 Å². The molecule has 0 bridgehead atoms. The normalized spacial score (nSPS) is 13.6. The van der Waals surface area contributed by atoms with Gasteiger partial charge in [0.25, 0.3) is 0 Å². The van der Waals surface area contributed by atoms with Crippen LogP contribution in [0.15, 0.2) is 10.6 Å². The van der Waals surface area contributed by atoms with E-state index in [0.29, 0.717) is 47.0 Å². The first-order chi connectivity index (χ1) is 9.20. The smallest absolute Gasteiger partial charge is 0.240 e. The van der Waals surface area contributed by atoms with Crippen molar-refractivity contribution in [3.05, 3.63) is 22.5 Å². The molecule has 7 heteroatoms. The van der Waals surface area contributed by atoms with Crippen molar-refractivity contribution in [2.45, 2.75) is 13.5 Å². The van der Waals surface area contributed by atoms with E-state index in [4.69, 9.17) is 31.3 Å². The fraction of sp³-hybridized carbons (Fsp3) is 0.333. The lowest BCUT2D eigenvalue weighted by molar-refractivity contribution is 0.170. The largest absolute Gasteiger partial charge is 0.486 e. The molecule has 1 aromatic carbocycles. The van der Waals surface area contributed by atoms with Crippen molar-refractivity contribution in [1.29, 1.82) is 0 Å². The predicted octanol–water partition coefficient (Wildman–Crippen LogP) is 1.93. The highest BCUT2D eigenvalue weighted by molar-refractivity contribution is 6.33. The topological polar surface area (TPSA) is 83.4 Å². The van der Waals surface area contributed by atoms with E-state index in [1.807, 2.05) is 6.92 Å². The van der Waals surface area contributed by atoms with Gasteiger partial charge in [0.2, 0.25) is 11.7 Å². The molecule has 100 valence electrons. The van der Waals surface area contributed by atoms with Gasteiger partial charge in [-0.15, -0.1) is 0 Å². The first-order valence-corrected chi connectivity index (χ1v) is 6.20. The number of rotatable bonds is 2. The van der Waals surface area contributed by atoms with Gasteiger partial charge in [0.1, 0.15) is 13.2 Å². The van der Waals surface area contributed by atoms with Crippen LogP contribution in [0, 0.1) is 6.92 Å². The summed E-state index contributed by atoms with van der Waals surface area (Å²) in [6.45, 7) is 3.10. The second-order valence-electron chi connectivity index (χ2n) is 4.10. The van der Waals surface area contributed by atoms with Crippen LogP contribution in [0.3, 0.4) is 0 Å². The number of ether oxygens (including phenoxy) is 2. The lowest BCUT2D eigenvalue weighted by Crippen LogP contribution is -2.16. The summed E-state index contributed by atoms with van der Waals surface area (Å²) >= 11 is 6.26. The Morgan fingerprint density at radius 1 is 1.37 bits per heavy atom. The van der Waals surface area contributed by atoms with E-state index in [2.05, 4.69) is 10.1 Å². The Labute approximate surface area is 114 Å². The number of benzene rings is 1. The fourth-order valence-electron chi connectivity index (χ4n) is 2.03. The minimum Gasteiger partial charge on any atom is -0.486 e. The molecule has 0 radical (unpaired) electrons. The lowest BCUT2D eigenvalue weighted by atomic mass is 10.1. The molecule has 2 aromatic rings. The monoisotopic (exact) mass is 281 g/mol. The molecule has 0 unspecified atom stereocenters. The van der Waals surface area contributed by atoms with E-state index < -0.39 is 0 Å². The molecule has 19 heavy (non-hydrogen) atoms. The maximum atomic E-state index is 6.26. The molecule has 0 atom stereocenters. The van der Waals surface area contributed by atoms with Gasteiger partial charge in [-0.2, -0.15) is 4.98 Å². The molecule has 2 N–H and O–H groups in total. The third kappa shape index (κ3) is 2.02. The highest BCUT2D eigenvalue weighted by atomic mass is 35.5. The summed E-state index contributed by atoms with van der Waals surface area (Å²) in [7, 11) is 0. The molecule has 6 nitrogen and oxygen atoms in total. The van der Waals surface area contributed by atoms with E-state index in [9.17, 15) is 0 Å². The molecule has 0 amide bonds. The molecule has 2 heterocycles. The standard InChI is InChI=1S/C12H12ClN3O3/c1-6-10(12-15-9(5-14)19-16-12)7(13)4-8-11(6)18-3-2-17-8/h4H,2-3,5,14H2,1H3. The predicted molar refractivity (Wildman–Crippen MR) is 68.4 cm³/mol. The van der Waals surface area contributed by atoms with E-state index >= 15 is 0 Å². The average Bonchev–Trinajstić information content (AvgIpc) is 2.87. The van der Waals surface area contributed by atoms with Gasteiger partial charge in [0, 0.05) is 17.2 Å². The number of hydrogen-bond acceptors (Lipinski definition) is 6. The number of fused-ring (bicyclic) bond motifs is 1. The molecule has 0 aliphatic carbocycles. The van der Waals surface area contributed by atoms with Crippen LogP contribution in [-0.2, 0) is 6.54 Å². The third-order valence-corrected chi connectivity index (χ3v) is 3.19. The summed E-state index contributed by atoms with van der Waals surface area (Å²) in [5, 5.41) is 4.37. The number of nitrogens with two attached hydrogens (primary N) is 1. The molecule has 3 rings (SSSR count). The maximum Gasteiger partial charge on any atom is 0.240 e. The van der Waals surface area contributed by atoms with Crippen molar-refractivity contribution in [1.82, 2.24) is 10.1 Å². The summed E-state index contributed by atoms with van der Waals surface area (Å²) in [6, 6.07) is 1.71. The highest BCUT2D eigenvalue weighted by Gasteiger charge is 2.23. The third-order valence-electron chi connectivity index (χ3n) is 2.89. The van der Waals surface area contributed by atoms with Gasteiger partial charge in [-0.3, -0.25) is 0 Å². The zero-order valence-corrected chi connectivity index (χ0v) is 11.0. The minimum atomic E-state index is 0.189. The van der Waals surface area contributed by atoms with Gasteiger partial charge in [0.05, 0.1) is 11.6 Å².